The van der Waals surface area contributed by atoms with Crippen molar-refractivity contribution in [2.24, 2.45) is 0 Å². The fourth-order valence-electron chi connectivity index (χ4n) is 3.19. The quantitative estimate of drug-likeness (QED) is 0.306. The molecule has 0 aliphatic heterocycles. The van der Waals surface area contributed by atoms with Crippen LogP contribution < -0.4 is 15.7 Å². The van der Waals surface area contributed by atoms with Gasteiger partial charge < -0.3 is 18.6 Å². The zero-order valence-electron chi connectivity index (χ0n) is 18.1. The van der Waals surface area contributed by atoms with Crippen LogP contribution in [-0.2, 0) is 16.1 Å². The average Bonchev–Trinajstić information content (AvgIpc) is 2.83. The lowest BCUT2D eigenvalue weighted by Gasteiger charge is -2.12. The first-order valence-electron chi connectivity index (χ1n) is 10.4. The second-order valence-electron chi connectivity index (χ2n) is 7.01. The van der Waals surface area contributed by atoms with Crippen LogP contribution in [0.15, 0.2) is 82.3 Å². The van der Waals surface area contributed by atoms with Crippen molar-refractivity contribution in [3.05, 3.63) is 94.6 Å². The molecule has 0 atom stereocenters. The van der Waals surface area contributed by atoms with Crippen LogP contribution in [0.1, 0.15) is 22.8 Å². The summed E-state index contributed by atoms with van der Waals surface area (Å²) >= 11 is 0. The van der Waals surface area contributed by atoms with E-state index in [0.717, 1.165) is 0 Å². The summed E-state index contributed by atoms with van der Waals surface area (Å²) in [7, 11) is 0. The number of aromatic nitrogens is 1. The Morgan fingerprint density at radius 1 is 1.03 bits per heavy atom. The molecule has 0 aliphatic carbocycles. The first-order valence-corrected chi connectivity index (χ1v) is 10.4. The average molecular weight is 460 g/mol. The van der Waals surface area contributed by atoms with Gasteiger partial charge in [-0.05, 0) is 43.3 Å². The van der Waals surface area contributed by atoms with E-state index in [1.807, 2.05) is 0 Å². The van der Waals surface area contributed by atoms with Crippen molar-refractivity contribution in [3.8, 4) is 11.5 Å². The zero-order chi connectivity index (χ0) is 23.9. The highest BCUT2D eigenvalue weighted by Gasteiger charge is 2.16. The SMILES string of the molecule is CCOC(=O)Nc1ccc2c(COC(=O)c3ccccc3Oc3cccnc3)cc(=O)oc2c1. The number of para-hydroxylation sites is 1. The van der Waals surface area contributed by atoms with Gasteiger partial charge >= 0.3 is 17.7 Å². The highest BCUT2D eigenvalue weighted by atomic mass is 16.5. The topological polar surface area (TPSA) is 117 Å². The Bertz CT molecular complexity index is 1380. The van der Waals surface area contributed by atoms with Gasteiger partial charge in [-0.25, -0.2) is 14.4 Å². The summed E-state index contributed by atoms with van der Waals surface area (Å²) in [5.41, 5.74) is 0.678. The lowest BCUT2D eigenvalue weighted by molar-refractivity contribution is 0.0471. The molecule has 2 aromatic carbocycles. The van der Waals surface area contributed by atoms with E-state index in [0.29, 0.717) is 28.1 Å². The number of carbonyl (C=O) groups excluding carboxylic acids is 2. The van der Waals surface area contributed by atoms with Crippen LogP contribution in [0, 0.1) is 0 Å². The van der Waals surface area contributed by atoms with Crippen molar-refractivity contribution < 1.29 is 28.2 Å². The predicted octanol–water partition coefficient (Wildman–Crippen LogP) is 4.91. The maximum atomic E-state index is 12.8. The minimum Gasteiger partial charge on any atom is -0.457 e. The van der Waals surface area contributed by atoms with Crippen molar-refractivity contribution in [3.63, 3.8) is 0 Å². The number of carbonyl (C=O) groups is 2. The maximum Gasteiger partial charge on any atom is 0.411 e. The van der Waals surface area contributed by atoms with Gasteiger partial charge in [-0.15, -0.1) is 0 Å². The van der Waals surface area contributed by atoms with E-state index in [1.54, 1.807) is 61.7 Å². The summed E-state index contributed by atoms with van der Waals surface area (Å²) in [6.45, 7) is 1.74. The number of ether oxygens (including phenoxy) is 3. The third kappa shape index (κ3) is 5.39. The Morgan fingerprint density at radius 3 is 2.68 bits per heavy atom. The highest BCUT2D eigenvalue weighted by Crippen LogP contribution is 2.26. The Labute approximate surface area is 193 Å². The molecule has 172 valence electrons. The summed E-state index contributed by atoms with van der Waals surface area (Å²) < 4.78 is 21.3. The molecule has 9 heteroatoms. The lowest BCUT2D eigenvalue weighted by Crippen LogP contribution is -2.13. The number of fused-ring (bicyclic) bond motifs is 1. The van der Waals surface area contributed by atoms with Crippen LogP contribution in [0.5, 0.6) is 11.5 Å². The van der Waals surface area contributed by atoms with Crippen LogP contribution >= 0.6 is 0 Å². The van der Waals surface area contributed by atoms with E-state index >= 15 is 0 Å². The Hall–Kier alpha value is -4.66. The number of pyridine rings is 1. The molecule has 2 aromatic heterocycles. The van der Waals surface area contributed by atoms with E-state index in [2.05, 4.69) is 10.3 Å². The van der Waals surface area contributed by atoms with Crippen molar-refractivity contribution in [2.75, 3.05) is 11.9 Å². The number of amides is 1. The van der Waals surface area contributed by atoms with E-state index < -0.39 is 17.7 Å². The fraction of sp³-hybridized carbons (Fsp3) is 0.120. The molecule has 1 amide bonds. The van der Waals surface area contributed by atoms with Gasteiger partial charge in [0.1, 0.15) is 29.3 Å². The minimum absolute atomic E-state index is 0.174. The molecule has 4 rings (SSSR count). The number of nitrogens with one attached hydrogen (secondary N) is 1. The molecule has 1 N–H and O–H groups in total. The lowest BCUT2D eigenvalue weighted by atomic mass is 10.1. The summed E-state index contributed by atoms with van der Waals surface area (Å²) in [4.78, 5) is 40.5. The van der Waals surface area contributed by atoms with Crippen molar-refractivity contribution >= 4 is 28.7 Å². The predicted molar refractivity (Wildman–Crippen MR) is 123 cm³/mol. The van der Waals surface area contributed by atoms with Crippen LogP contribution in [-0.4, -0.2) is 23.7 Å². The normalized spacial score (nSPS) is 10.5. The molecule has 0 spiro atoms. The van der Waals surface area contributed by atoms with Gasteiger partial charge in [0.25, 0.3) is 0 Å². The number of rotatable bonds is 7. The number of hydrogen-bond acceptors (Lipinski definition) is 8. The van der Waals surface area contributed by atoms with E-state index in [-0.39, 0.29) is 24.4 Å². The van der Waals surface area contributed by atoms with Gasteiger partial charge in [-0.3, -0.25) is 10.3 Å². The molecule has 0 fully saturated rings. The van der Waals surface area contributed by atoms with E-state index in [1.165, 1.54) is 18.3 Å². The molecule has 0 unspecified atom stereocenters. The smallest absolute Gasteiger partial charge is 0.411 e. The molecule has 0 saturated heterocycles. The van der Waals surface area contributed by atoms with E-state index in [9.17, 15) is 14.4 Å². The number of hydrogen-bond donors (Lipinski definition) is 1. The molecule has 0 bridgehead atoms. The van der Waals surface area contributed by atoms with Gasteiger partial charge in [0.2, 0.25) is 0 Å². The Kier molecular flexibility index (Phi) is 6.83. The third-order valence-corrected chi connectivity index (χ3v) is 4.68. The van der Waals surface area contributed by atoms with Gasteiger partial charge in [-0.1, -0.05) is 12.1 Å². The van der Waals surface area contributed by atoms with Crippen molar-refractivity contribution in [1.82, 2.24) is 4.98 Å². The summed E-state index contributed by atoms with van der Waals surface area (Å²) in [5, 5.41) is 3.10. The van der Waals surface area contributed by atoms with Gasteiger partial charge in [-0.2, -0.15) is 0 Å². The molecule has 0 radical (unpaired) electrons. The zero-order valence-corrected chi connectivity index (χ0v) is 18.1. The van der Waals surface area contributed by atoms with Gasteiger partial charge in [0.15, 0.2) is 0 Å². The minimum atomic E-state index is -0.624. The third-order valence-electron chi connectivity index (χ3n) is 4.68. The fourth-order valence-corrected chi connectivity index (χ4v) is 3.19. The van der Waals surface area contributed by atoms with Gasteiger partial charge in [0.05, 0.1) is 12.8 Å². The summed E-state index contributed by atoms with van der Waals surface area (Å²) in [6, 6.07) is 16.1. The monoisotopic (exact) mass is 460 g/mol. The molecule has 4 aromatic rings. The standard InChI is InChI=1S/C25H20N2O7/c1-2-31-25(30)27-17-9-10-19-16(12-23(28)34-22(19)13-17)15-32-24(29)20-7-3-4-8-21(20)33-18-6-5-11-26-14-18/h3-14H,2,15H2,1H3,(H,27,30). The highest BCUT2D eigenvalue weighted by molar-refractivity contribution is 5.93. The summed E-state index contributed by atoms with van der Waals surface area (Å²) in [5.74, 6) is 0.163. The number of nitrogens with zero attached hydrogens (tertiary/aromatic N) is 1. The molecule has 2 heterocycles. The first-order chi connectivity index (χ1) is 16.5. The Balaban J connectivity index is 1.53. The van der Waals surface area contributed by atoms with Crippen LogP contribution in [0.4, 0.5) is 10.5 Å². The largest absolute Gasteiger partial charge is 0.457 e. The molecule has 9 nitrogen and oxygen atoms in total. The number of anilines is 1. The molecule has 34 heavy (non-hydrogen) atoms. The van der Waals surface area contributed by atoms with Gasteiger partial charge in [0, 0.05) is 35.0 Å². The first kappa shape index (κ1) is 22.5. The van der Waals surface area contributed by atoms with Crippen LogP contribution in [0.3, 0.4) is 0 Å². The summed E-state index contributed by atoms with van der Waals surface area (Å²) in [6.07, 6.45) is 2.52. The molecule has 0 aliphatic rings. The molecule has 0 saturated carbocycles. The van der Waals surface area contributed by atoms with E-state index in [4.69, 9.17) is 18.6 Å². The number of esters is 1. The van der Waals surface area contributed by atoms with Crippen molar-refractivity contribution in [1.29, 1.82) is 0 Å². The second-order valence-corrected chi connectivity index (χ2v) is 7.01. The Morgan fingerprint density at radius 2 is 1.88 bits per heavy atom. The van der Waals surface area contributed by atoms with Crippen LogP contribution in [0.25, 0.3) is 11.0 Å². The van der Waals surface area contributed by atoms with Crippen molar-refractivity contribution in [2.45, 2.75) is 13.5 Å². The molecular weight excluding hydrogens is 440 g/mol. The van der Waals surface area contributed by atoms with Crippen LogP contribution in [0.2, 0.25) is 0 Å². The molecular formula is C25H20N2O7. The second kappa shape index (κ2) is 10.3. The maximum absolute atomic E-state index is 12.8. The number of benzene rings is 2.